The van der Waals surface area contributed by atoms with E-state index in [0.29, 0.717) is 24.3 Å². The fourth-order valence-electron chi connectivity index (χ4n) is 5.71. The third kappa shape index (κ3) is 4.83. The summed E-state index contributed by atoms with van der Waals surface area (Å²) < 4.78 is 4.88. The first-order chi connectivity index (χ1) is 14.4. The summed E-state index contributed by atoms with van der Waals surface area (Å²) in [5, 5.41) is 9.26. The van der Waals surface area contributed by atoms with Crippen molar-refractivity contribution in [2.75, 3.05) is 13.2 Å². The number of imide groups is 1. The molecule has 4 amide bonds. The maximum absolute atomic E-state index is 12.8. The third-order valence-electron chi connectivity index (χ3n) is 6.53. The highest BCUT2D eigenvalue weighted by molar-refractivity contribution is 7.09. The van der Waals surface area contributed by atoms with E-state index in [-0.39, 0.29) is 17.9 Å². The molecule has 9 heteroatoms. The Kier molecular flexibility index (Phi) is 6.08. The second-order valence-electron chi connectivity index (χ2n) is 8.85. The van der Waals surface area contributed by atoms with Gasteiger partial charge in [0.25, 0.3) is 5.91 Å². The zero-order valence-electron chi connectivity index (χ0n) is 16.8. The van der Waals surface area contributed by atoms with Gasteiger partial charge in [-0.15, -0.1) is 11.3 Å². The van der Waals surface area contributed by atoms with E-state index in [9.17, 15) is 19.2 Å². The minimum absolute atomic E-state index is 0.0593. The van der Waals surface area contributed by atoms with Crippen molar-refractivity contribution in [1.29, 1.82) is 0 Å². The first kappa shape index (κ1) is 20.8. The Labute approximate surface area is 179 Å². The molecule has 0 unspecified atom stereocenters. The van der Waals surface area contributed by atoms with Crippen LogP contribution in [0.5, 0.6) is 0 Å². The summed E-state index contributed by atoms with van der Waals surface area (Å²) in [7, 11) is 0. The van der Waals surface area contributed by atoms with Crippen LogP contribution in [-0.4, -0.2) is 37.0 Å². The Bertz CT molecular complexity index is 787. The third-order valence-corrected chi connectivity index (χ3v) is 7.41. The number of hydrogen-bond donors (Lipinski definition) is 3. The lowest BCUT2D eigenvalue weighted by Gasteiger charge is -2.55. The zero-order valence-corrected chi connectivity index (χ0v) is 17.6. The SMILES string of the molecule is O=C(COC(=O)CNC(=O)C12CC3CC(CC(C3)C1)C2)NC(=O)NCc1cccs1. The van der Waals surface area contributed by atoms with Gasteiger partial charge in [-0.1, -0.05) is 6.07 Å². The van der Waals surface area contributed by atoms with Crippen LogP contribution in [0.1, 0.15) is 43.4 Å². The highest BCUT2D eigenvalue weighted by atomic mass is 32.1. The van der Waals surface area contributed by atoms with Gasteiger partial charge in [0.1, 0.15) is 6.54 Å². The smallest absolute Gasteiger partial charge is 0.325 e. The molecule has 1 heterocycles. The van der Waals surface area contributed by atoms with Crippen molar-refractivity contribution in [2.24, 2.45) is 23.2 Å². The Balaban J connectivity index is 1.14. The van der Waals surface area contributed by atoms with E-state index >= 15 is 0 Å². The second-order valence-corrected chi connectivity index (χ2v) is 9.88. The van der Waals surface area contributed by atoms with E-state index in [2.05, 4.69) is 16.0 Å². The first-order valence-electron chi connectivity index (χ1n) is 10.5. The van der Waals surface area contributed by atoms with Gasteiger partial charge in [0, 0.05) is 10.3 Å². The summed E-state index contributed by atoms with van der Waals surface area (Å²) in [5.41, 5.74) is -0.326. The number of hydrogen-bond acceptors (Lipinski definition) is 6. The molecule has 3 N–H and O–H groups in total. The van der Waals surface area contributed by atoms with Crippen molar-refractivity contribution in [3.05, 3.63) is 22.4 Å². The molecule has 0 saturated heterocycles. The van der Waals surface area contributed by atoms with Crippen molar-refractivity contribution < 1.29 is 23.9 Å². The van der Waals surface area contributed by atoms with E-state index in [1.807, 2.05) is 17.5 Å². The Morgan fingerprint density at radius 2 is 1.70 bits per heavy atom. The fraction of sp³-hybridized carbons (Fsp3) is 0.619. The van der Waals surface area contributed by atoms with Gasteiger partial charge >= 0.3 is 12.0 Å². The number of urea groups is 1. The lowest BCUT2D eigenvalue weighted by atomic mass is 9.49. The summed E-state index contributed by atoms with van der Waals surface area (Å²) in [6.07, 6.45) is 6.48. The minimum atomic E-state index is -0.723. The standard InChI is InChI=1S/C21H27N3O5S/c25-17(24-20(28)23-10-16-2-1-3-30-16)12-29-18(26)11-22-19(27)21-7-13-4-14(8-21)6-15(5-13)9-21/h1-3,13-15H,4-12H2,(H,22,27)(H2,23,24,25,28). The van der Waals surface area contributed by atoms with Crippen LogP contribution < -0.4 is 16.0 Å². The number of carbonyl (C=O) groups excluding carboxylic acids is 4. The van der Waals surface area contributed by atoms with Crippen LogP contribution in [0, 0.1) is 23.2 Å². The Morgan fingerprint density at radius 3 is 2.30 bits per heavy atom. The monoisotopic (exact) mass is 433 g/mol. The van der Waals surface area contributed by atoms with Gasteiger partial charge in [-0.3, -0.25) is 19.7 Å². The van der Waals surface area contributed by atoms with Crippen LogP contribution in [0.4, 0.5) is 4.79 Å². The zero-order chi connectivity index (χ0) is 21.1. The van der Waals surface area contributed by atoms with Gasteiger partial charge in [-0.25, -0.2) is 4.79 Å². The first-order valence-corrected chi connectivity index (χ1v) is 11.3. The predicted molar refractivity (Wildman–Crippen MR) is 109 cm³/mol. The van der Waals surface area contributed by atoms with Crippen LogP contribution >= 0.6 is 11.3 Å². The van der Waals surface area contributed by atoms with Crippen molar-refractivity contribution in [2.45, 2.75) is 45.1 Å². The van der Waals surface area contributed by atoms with Crippen molar-refractivity contribution in [1.82, 2.24) is 16.0 Å². The molecular weight excluding hydrogens is 406 g/mol. The molecule has 1 aromatic rings. The van der Waals surface area contributed by atoms with Gasteiger partial charge < -0.3 is 15.4 Å². The number of carbonyl (C=O) groups is 4. The van der Waals surface area contributed by atoms with Gasteiger partial charge in [0.05, 0.1) is 6.54 Å². The van der Waals surface area contributed by atoms with E-state index < -0.39 is 24.5 Å². The highest BCUT2D eigenvalue weighted by Crippen LogP contribution is 2.60. The normalized spacial score (nSPS) is 28.6. The summed E-state index contributed by atoms with van der Waals surface area (Å²) in [5.74, 6) is 0.452. The second kappa shape index (κ2) is 8.75. The quantitative estimate of drug-likeness (QED) is 0.569. The summed E-state index contributed by atoms with van der Waals surface area (Å²) in [6.45, 7) is -0.524. The average Bonchev–Trinajstić information content (AvgIpc) is 3.21. The molecule has 30 heavy (non-hydrogen) atoms. The molecule has 0 aliphatic heterocycles. The molecule has 162 valence electrons. The number of amides is 4. The molecule has 4 bridgehead atoms. The number of esters is 1. The molecule has 0 spiro atoms. The lowest BCUT2D eigenvalue weighted by molar-refractivity contribution is -0.152. The number of rotatable bonds is 7. The Hall–Kier alpha value is -2.42. The molecule has 4 aliphatic carbocycles. The van der Waals surface area contributed by atoms with Crippen LogP contribution in [-0.2, 0) is 25.7 Å². The largest absolute Gasteiger partial charge is 0.454 e. The van der Waals surface area contributed by atoms with Crippen molar-refractivity contribution in [3.8, 4) is 0 Å². The molecule has 4 aliphatic rings. The molecule has 4 saturated carbocycles. The van der Waals surface area contributed by atoms with Crippen LogP contribution in [0.3, 0.4) is 0 Å². The van der Waals surface area contributed by atoms with Crippen LogP contribution in [0.25, 0.3) is 0 Å². The highest BCUT2D eigenvalue weighted by Gasteiger charge is 2.54. The summed E-state index contributed by atoms with van der Waals surface area (Å²) >= 11 is 1.49. The molecule has 0 aromatic carbocycles. The molecule has 1 aromatic heterocycles. The summed E-state index contributed by atoms with van der Waals surface area (Å²) in [4.78, 5) is 49.1. The van der Waals surface area contributed by atoms with Crippen molar-refractivity contribution in [3.63, 3.8) is 0 Å². The number of nitrogens with one attached hydrogen (secondary N) is 3. The van der Waals surface area contributed by atoms with Gasteiger partial charge in [0.15, 0.2) is 6.61 Å². The van der Waals surface area contributed by atoms with E-state index in [1.165, 1.54) is 30.6 Å². The minimum Gasteiger partial charge on any atom is -0.454 e. The summed E-state index contributed by atoms with van der Waals surface area (Å²) in [6, 6.07) is 3.08. The predicted octanol–water partition coefficient (Wildman–Crippen LogP) is 1.95. The molecule has 0 radical (unpaired) electrons. The van der Waals surface area contributed by atoms with Crippen LogP contribution in [0.15, 0.2) is 17.5 Å². The van der Waals surface area contributed by atoms with Gasteiger partial charge in [0.2, 0.25) is 5.91 Å². The van der Waals surface area contributed by atoms with E-state index in [1.54, 1.807) is 0 Å². The average molecular weight is 434 g/mol. The van der Waals surface area contributed by atoms with E-state index in [0.717, 1.165) is 24.1 Å². The van der Waals surface area contributed by atoms with Gasteiger partial charge in [-0.2, -0.15) is 0 Å². The maximum atomic E-state index is 12.8. The van der Waals surface area contributed by atoms with Crippen molar-refractivity contribution >= 4 is 35.2 Å². The number of ether oxygens (including phenoxy) is 1. The molecule has 4 fully saturated rings. The Morgan fingerprint density at radius 1 is 1.03 bits per heavy atom. The molecule has 5 rings (SSSR count). The maximum Gasteiger partial charge on any atom is 0.325 e. The topological polar surface area (TPSA) is 114 Å². The fourth-order valence-corrected chi connectivity index (χ4v) is 6.36. The van der Waals surface area contributed by atoms with Gasteiger partial charge in [-0.05, 0) is 67.7 Å². The molecular formula is C21H27N3O5S. The number of thiophene rings is 1. The molecule has 8 nitrogen and oxygen atoms in total. The van der Waals surface area contributed by atoms with E-state index in [4.69, 9.17) is 4.74 Å². The molecule has 0 atom stereocenters. The van der Waals surface area contributed by atoms with Crippen LogP contribution in [0.2, 0.25) is 0 Å². The lowest BCUT2D eigenvalue weighted by Crippen LogP contribution is -2.54.